The van der Waals surface area contributed by atoms with Gasteiger partial charge in [-0.2, -0.15) is 0 Å². The Labute approximate surface area is 144 Å². The van der Waals surface area contributed by atoms with E-state index in [0.717, 1.165) is 21.6 Å². The van der Waals surface area contributed by atoms with E-state index in [9.17, 15) is 4.79 Å². The fraction of sp³-hybridized carbons (Fsp3) is 0.294. The number of benzene rings is 1. The zero-order valence-electron chi connectivity index (χ0n) is 13.5. The third-order valence-electron chi connectivity index (χ3n) is 4.12. The van der Waals surface area contributed by atoms with Gasteiger partial charge in [0.25, 0.3) is 5.91 Å². The minimum atomic E-state index is -0.0669. The monoisotopic (exact) mass is 347 g/mol. The Morgan fingerprint density at radius 2 is 2.13 bits per heavy atom. The molecule has 0 N–H and O–H groups in total. The van der Waals surface area contributed by atoms with Crippen molar-refractivity contribution in [2.45, 2.75) is 19.9 Å². The summed E-state index contributed by atoms with van der Waals surface area (Å²) in [7, 11) is 3.70. The predicted octanol–water partition coefficient (Wildman–Crippen LogP) is 4.43. The number of aryl methyl sites for hydroxylation is 2. The molecule has 1 amide bonds. The van der Waals surface area contributed by atoms with Crippen LogP contribution in [0.1, 0.15) is 34.2 Å². The van der Waals surface area contributed by atoms with Crippen LogP contribution in [0.5, 0.6) is 0 Å². The molecule has 0 radical (unpaired) electrons. The molecule has 1 atom stereocenters. The minimum absolute atomic E-state index is 0.0276. The number of halogens is 1. The Morgan fingerprint density at radius 3 is 2.78 bits per heavy atom. The Morgan fingerprint density at radius 1 is 1.39 bits per heavy atom. The molecule has 4 nitrogen and oxygen atoms in total. The van der Waals surface area contributed by atoms with Gasteiger partial charge in [-0.15, -0.1) is 11.3 Å². The van der Waals surface area contributed by atoms with Gasteiger partial charge in [-0.1, -0.05) is 17.7 Å². The highest BCUT2D eigenvalue weighted by Gasteiger charge is 2.23. The molecule has 3 rings (SSSR count). The van der Waals surface area contributed by atoms with Crippen LogP contribution in [0.25, 0.3) is 10.9 Å². The van der Waals surface area contributed by atoms with Gasteiger partial charge < -0.3 is 9.47 Å². The lowest BCUT2D eigenvalue weighted by Crippen LogP contribution is -2.30. The molecule has 0 unspecified atom stereocenters. The largest absolute Gasteiger partial charge is 0.340 e. The average Bonchev–Trinajstić information content (AvgIpc) is 3.10. The standard InChI is InChI=1S/C17H18ClN3OS/c1-10-9-23-16(19-10)11(2)20(3)17(22)15-7-12-5-6-13(18)8-14(12)21(15)4/h5-9,11H,1-4H3/t11-/m0/s1. The predicted molar refractivity (Wildman–Crippen MR) is 95.3 cm³/mol. The van der Waals surface area contributed by atoms with Gasteiger partial charge in [0, 0.05) is 41.1 Å². The number of aromatic nitrogens is 2. The fourth-order valence-corrected chi connectivity index (χ4v) is 3.66. The quantitative estimate of drug-likeness (QED) is 0.703. The van der Waals surface area contributed by atoms with E-state index in [2.05, 4.69) is 4.98 Å². The molecular formula is C17H18ClN3OS. The number of rotatable bonds is 3. The normalized spacial score (nSPS) is 12.6. The zero-order valence-corrected chi connectivity index (χ0v) is 15.1. The average molecular weight is 348 g/mol. The minimum Gasteiger partial charge on any atom is -0.340 e. The van der Waals surface area contributed by atoms with Crippen molar-refractivity contribution in [2.24, 2.45) is 7.05 Å². The molecule has 0 aliphatic carbocycles. The summed E-state index contributed by atoms with van der Waals surface area (Å²) in [5.41, 5.74) is 2.58. The van der Waals surface area contributed by atoms with Gasteiger partial charge in [0.1, 0.15) is 10.7 Å². The van der Waals surface area contributed by atoms with Crippen molar-refractivity contribution in [3.63, 3.8) is 0 Å². The zero-order chi connectivity index (χ0) is 16.7. The highest BCUT2D eigenvalue weighted by molar-refractivity contribution is 7.09. The van der Waals surface area contributed by atoms with E-state index in [1.165, 1.54) is 0 Å². The fourth-order valence-electron chi connectivity index (χ4n) is 2.59. The maximum atomic E-state index is 12.9. The molecule has 0 aliphatic heterocycles. The summed E-state index contributed by atoms with van der Waals surface area (Å²) in [5, 5.41) is 4.62. The Hall–Kier alpha value is -1.85. The molecular weight excluding hydrogens is 330 g/mol. The summed E-state index contributed by atoms with van der Waals surface area (Å²) in [5.74, 6) is -0.0276. The van der Waals surface area contributed by atoms with Crippen molar-refractivity contribution in [1.82, 2.24) is 14.5 Å². The third kappa shape index (κ3) is 2.86. The van der Waals surface area contributed by atoms with Gasteiger partial charge in [-0.25, -0.2) is 4.98 Å². The lowest BCUT2D eigenvalue weighted by atomic mass is 10.2. The Bertz CT molecular complexity index is 883. The molecule has 0 fully saturated rings. The first-order valence-electron chi connectivity index (χ1n) is 7.32. The van der Waals surface area contributed by atoms with Crippen LogP contribution in [0.15, 0.2) is 29.6 Å². The van der Waals surface area contributed by atoms with E-state index >= 15 is 0 Å². The van der Waals surface area contributed by atoms with Crippen LogP contribution < -0.4 is 0 Å². The number of hydrogen-bond donors (Lipinski definition) is 0. The number of hydrogen-bond acceptors (Lipinski definition) is 3. The van der Waals surface area contributed by atoms with Gasteiger partial charge in [-0.05, 0) is 32.0 Å². The summed E-state index contributed by atoms with van der Waals surface area (Å²) in [6.07, 6.45) is 0. The molecule has 3 aromatic rings. The van der Waals surface area contributed by atoms with E-state index in [-0.39, 0.29) is 11.9 Å². The molecule has 0 saturated heterocycles. The van der Waals surface area contributed by atoms with Crippen molar-refractivity contribution in [3.8, 4) is 0 Å². The van der Waals surface area contributed by atoms with Crippen LogP contribution in [-0.2, 0) is 7.05 Å². The van der Waals surface area contributed by atoms with E-state index in [1.54, 1.807) is 16.2 Å². The lowest BCUT2D eigenvalue weighted by molar-refractivity contribution is 0.0733. The first-order chi connectivity index (χ1) is 10.9. The smallest absolute Gasteiger partial charge is 0.270 e. The number of carbonyl (C=O) groups excluding carboxylic acids is 1. The van der Waals surface area contributed by atoms with Crippen molar-refractivity contribution in [2.75, 3.05) is 7.05 Å². The first kappa shape index (κ1) is 16.0. The molecule has 2 aromatic heterocycles. The molecule has 120 valence electrons. The van der Waals surface area contributed by atoms with Gasteiger partial charge in [-0.3, -0.25) is 4.79 Å². The molecule has 0 aliphatic rings. The van der Waals surface area contributed by atoms with E-state index < -0.39 is 0 Å². The maximum absolute atomic E-state index is 12.9. The van der Waals surface area contributed by atoms with Crippen LogP contribution in [0.3, 0.4) is 0 Å². The van der Waals surface area contributed by atoms with Crippen molar-refractivity contribution >= 4 is 39.7 Å². The van der Waals surface area contributed by atoms with Gasteiger partial charge in [0.2, 0.25) is 0 Å². The summed E-state index contributed by atoms with van der Waals surface area (Å²) >= 11 is 7.64. The van der Waals surface area contributed by atoms with Crippen LogP contribution in [0.2, 0.25) is 5.02 Å². The second kappa shape index (κ2) is 5.98. The van der Waals surface area contributed by atoms with Crippen molar-refractivity contribution in [3.05, 3.63) is 51.1 Å². The summed E-state index contributed by atoms with van der Waals surface area (Å²) in [6.45, 7) is 3.96. The summed E-state index contributed by atoms with van der Waals surface area (Å²) in [4.78, 5) is 19.1. The maximum Gasteiger partial charge on any atom is 0.270 e. The first-order valence-corrected chi connectivity index (χ1v) is 8.58. The Balaban J connectivity index is 1.95. The van der Waals surface area contributed by atoms with E-state index in [0.29, 0.717) is 10.7 Å². The molecule has 2 heterocycles. The van der Waals surface area contributed by atoms with Crippen LogP contribution in [0, 0.1) is 6.92 Å². The Kier molecular flexibility index (Phi) is 4.17. The second-order valence-corrected chi connectivity index (χ2v) is 7.04. The van der Waals surface area contributed by atoms with Gasteiger partial charge in [0.05, 0.1) is 6.04 Å². The van der Waals surface area contributed by atoms with Gasteiger partial charge >= 0.3 is 0 Å². The topological polar surface area (TPSA) is 38.1 Å². The van der Waals surface area contributed by atoms with E-state index in [1.807, 2.05) is 62.2 Å². The number of amides is 1. The molecule has 0 bridgehead atoms. The lowest BCUT2D eigenvalue weighted by Gasteiger charge is -2.23. The third-order valence-corrected chi connectivity index (χ3v) is 5.49. The van der Waals surface area contributed by atoms with Crippen LogP contribution in [0.4, 0.5) is 0 Å². The number of fused-ring (bicyclic) bond motifs is 1. The van der Waals surface area contributed by atoms with Crippen molar-refractivity contribution in [1.29, 1.82) is 0 Å². The molecule has 6 heteroatoms. The highest BCUT2D eigenvalue weighted by Crippen LogP contribution is 2.27. The van der Waals surface area contributed by atoms with Crippen LogP contribution in [-0.4, -0.2) is 27.4 Å². The molecule has 0 spiro atoms. The van der Waals surface area contributed by atoms with E-state index in [4.69, 9.17) is 11.6 Å². The number of nitrogens with zero attached hydrogens (tertiary/aromatic N) is 3. The summed E-state index contributed by atoms with van der Waals surface area (Å²) < 4.78 is 1.89. The molecule has 1 aromatic carbocycles. The SMILES string of the molecule is Cc1csc([C@H](C)N(C)C(=O)c2cc3ccc(Cl)cc3n2C)n1. The van der Waals surface area contributed by atoms with Gasteiger partial charge in [0.15, 0.2) is 0 Å². The second-order valence-electron chi connectivity index (χ2n) is 5.71. The van der Waals surface area contributed by atoms with Crippen molar-refractivity contribution < 1.29 is 4.79 Å². The number of thiazole rings is 1. The number of carbonyl (C=O) groups is 1. The molecule has 23 heavy (non-hydrogen) atoms. The highest BCUT2D eigenvalue weighted by atomic mass is 35.5. The summed E-state index contributed by atoms with van der Waals surface area (Å²) in [6, 6.07) is 7.49. The molecule has 0 saturated carbocycles. The van der Waals surface area contributed by atoms with Crippen LogP contribution >= 0.6 is 22.9 Å².